The fourth-order valence-electron chi connectivity index (χ4n) is 2.62. The molecule has 0 aliphatic carbocycles. The van der Waals surface area contributed by atoms with Crippen molar-refractivity contribution in [3.05, 3.63) is 28.2 Å². The van der Waals surface area contributed by atoms with Gasteiger partial charge >= 0.3 is 0 Å². The molecule has 104 valence electrons. The van der Waals surface area contributed by atoms with Crippen molar-refractivity contribution in [2.24, 2.45) is 11.7 Å². The Morgan fingerprint density at radius 1 is 1.47 bits per heavy atom. The number of rotatable bonds is 3. The number of anilines is 1. The van der Waals surface area contributed by atoms with Gasteiger partial charge < -0.3 is 15.7 Å². The Morgan fingerprint density at radius 3 is 2.63 bits per heavy atom. The van der Waals surface area contributed by atoms with Crippen LogP contribution >= 0.6 is 15.9 Å². The molecule has 4 nitrogen and oxygen atoms in total. The second kappa shape index (κ2) is 5.92. The van der Waals surface area contributed by atoms with Crippen molar-refractivity contribution in [1.29, 1.82) is 5.41 Å². The van der Waals surface area contributed by atoms with E-state index >= 15 is 0 Å². The molecule has 1 atom stereocenters. The zero-order valence-corrected chi connectivity index (χ0v) is 12.7. The Morgan fingerprint density at radius 2 is 2.11 bits per heavy atom. The largest absolute Gasteiger partial charge is 0.393 e. The Kier molecular flexibility index (Phi) is 4.47. The minimum atomic E-state index is -0.237. The number of aliphatic hydroxyl groups excluding tert-OH is 1. The van der Waals surface area contributed by atoms with Crippen molar-refractivity contribution in [2.75, 3.05) is 18.0 Å². The van der Waals surface area contributed by atoms with Gasteiger partial charge in [0.1, 0.15) is 5.84 Å². The maximum atomic E-state index is 9.63. The van der Waals surface area contributed by atoms with Crippen molar-refractivity contribution in [3.8, 4) is 0 Å². The van der Waals surface area contributed by atoms with Crippen LogP contribution in [0, 0.1) is 11.3 Å². The molecule has 1 saturated heterocycles. The summed E-state index contributed by atoms with van der Waals surface area (Å²) in [6.07, 6.45) is 1.72. The zero-order chi connectivity index (χ0) is 14.0. The molecule has 2 rings (SSSR count). The molecule has 0 spiro atoms. The molecule has 5 heteroatoms. The third-order valence-corrected chi connectivity index (χ3v) is 4.30. The highest BCUT2D eigenvalue weighted by molar-refractivity contribution is 9.10. The van der Waals surface area contributed by atoms with Gasteiger partial charge in [-0.1, -0.05) is 15.9 Å². The van der Waals surface area contributed by atoms with E-state index in [1.807, 2.05) is 25.1 Å². The van der Waals surface area contributed by atoms with Gasteiger partial charge in [-0.25, -0.2) is 0 Å². The average molecular weight is 326 g/mol. The first-order valence-electron chi connectivity index (χ1n) is 6.56. The summed E-state index contributed by atoms with van der Waals surface area (Å²) in [7, 11) is 0. The minimum Gasteiger partial charge on any atom is -0.393 e. The number of nitrogens with zero attached hydrogens (tertiary/aromatic N) is 1. The molecule has 1 heterocycles. The van der Waals surface area contributed by atoms with Gasteiger partial charge in [-0.3, -0.25) is 5.41 Å². The van der Waals surface area contributed by atoms with Gasteiger partial charge in [-0.2, -0.15) is 0 Å². The maximum absolute atomic E-state index is 9.63. The lowest BCUT2D eigenvalue weighted by atomic mass is 9.91. The molecule has 1 aromatic carbocycles. The molecule has 0 radical (unpaired) electrons. The SMILES string of the molecule is CC(O)C1CCN(c2ccc(Br)cc2C(=N)N)CC1. The summed E-state index contributed by atoms with van der Waals surface area (Å²) in [5, 5.41) is 17.3. The molecule has 0 amide bonds. The molecule has 1 aromatic rings. The van der Waals surface area contributed by atoms with E-state index in [1.165, 1.54) is 0 Å². The summed E-state index contributed by atoms with van der Waals surface area (Å²) in [5.41, 5.74) is 7.44. The van der Waals surface area contributed by atoms with E-state index in [2.05, 4.69) is 20.8 Å². The summed E-state index contributed by atoms with van der Waals surface area (Å²) in [6, 6.07) is 5.87. The minimum absolute atomic E-state index is 0.0916. The summed E-state index contributed by atoms with van der Waals surface area (Å²) < 4.78 is 0.931. The van der Waals surface area contributed by atoms with Crippen LogP contribution in [0.4, 0.5) is 5.69 Å². The highest BCUT2D eigenvalue weighted by Gasteiger charge is 2.24. The van der Waals surface area contributed by atoms with Crippen LogP contribution in [-0.4, -0.2) is 30.1 Å². The summed E-state index contributed by atoms with van der Waals surface area (Å²) in [4.78, 5) is 2.25. The number of halogens is 1. The molecule has 1 aliphatic heterocycles. The van der Waals surface area contributed by atoms with Gasteiger partial charge in [-0.15, -0.1) is 0 Å². The first kappa shape index (κ1) is 14.3. The number of nitrogens with one attached hydrogen (secondary N) is 1. The van der Waals surface area contributed by atoms with Crippen LogP contribution in [0.3, 0.4) is 0 Å². The highest BCUT2D eigenvalue weighted by Crippen LogP contribution is 2.29. The number of piperidine rings is 1. The number of nitrogens with two attached hydrogens (primary N) is 1. The Labute approximate surface area is 122 Å². The normalized spacial score (nSPS) is 18.4. The van der Waals surface area contributed by atoms with Crippen LogP contribution in [0.1, 0.15) is 25.3 Å². The van der Waals surface area contributed by atoms with Crippen molar-refractivity contribution in [1.82, 2.24) is 0 Å². The van der Waals surface area contributed by atoms with Gasteiger partial charge in [0.2, 0.25) is 0 Å². The van der Waals surface area contributed by atoms with Crippen molar-refractivity contribution < 1.29 is 5.11 Å². The maximum Gasteiger partial charge on any atom is 0.124 e. The lowest BCUT2D eigenvalue weighted by molar-refractivity contribution is 0.110. The van der Waals surface area contributed by atoms with E-state index in [-0.39, 0.29) is 11.9 Å². The Hall–Kier alpha value is -1.07. The van der Waals surface area contributed by atoms with Crippen LogP contribution in [0.15, 0.2) is 22.7 Å². The third-order valence-electron chi connectivity index (χ3n) is 3.81. The lowest BCUT2D eigenvalue weighted by Gasteiger charge is -2.35. The fraction of sp³-hybridized carbons (Fsp3) is 0.500. The summed E-state index contributed by atoms with van der Waals surface area (Å²) in [5.74, 6) is 0.474. The van der Waals surface area contributed by atoms with Gasteiger partial charge in [0.15, 0.2) is 0 Å². The van der Waals surface area contributed by atoms with Gasteiger partial charge in [-0.05, 0) is 43.9 Å². The number of hydrogen-bond acceptors (Lipinski definition) is 3. The third kappa shape index (κ3) is 3.28. The predicted octanol–water partition coefficient (Wildman–Crippen LogP) is 2.33. The molecule has 4 N–H and O–H groups in total. The van der Waals surface area contributed by atoms with Gasteiger partial charge in [0.05, 0.1) is 6.10 Å². The number of amidine groups is 1. The molecule has 1 aliphatic rings. The first-order chi connectivity index (χ1) is 8.99. The van der Waals surface area contributed by atoms with Crippen molar-refractivity contribution in [3.63, 3.8) is 0 Å². The molecule has 19 heavy (non-hydrogen) atoms. The molecular weight excluding hydrogens is 306 g/mol. The van der Waals surface area contributed by atoms with E-state index in [1.54, 1.807) is 0 Å². The molecule has 0 aromatic heterocycles. The van der Waals surface area contributed by atoms with Crippen LogP contribution in [-0.2, 0) is 0 Å². The number of hydrogen-bond donors (Lipinski definition) is 3. The average Bonchev–Trinajstić information content (AvgIpc) is 2.38. The Balaban J connectivity index is 2.17. The van der Waals surface area contributed by atoms with Crippen molar-refractivity contribution in [2.45, 2.75) is 25.9 Å². The van der Waals surface area contributed by atoms with Gasteiger partial charge in [0.25, 0.3) is 0 Å². The second-order valence-electron chi connectivity index (χ2n) is 5.14. The van der Waals surface area contributed by atoms with Crippen LogP contribution in [0.25, 0.3) is 0 Å². The number of benzene rings is 1. The Bertz CT molecular complexity index is 468. The predicted molar refractivity (Wildman–Crippen MR) is 81.8 cm³/mol. The van der Waals surface area contributed by atoms with Gasteiger partial charge in [0, 0.05) is 28.8 Å². The summed E-state index contributed by atoms with van der Waals surface area (Å²) in [6.45, 7) is 3.66. The van der Waals surface area contributed by atoms with Crippen LogP contribution < -0.4 is 10.6 Å². The molecule has 1 unspecified atom stereocenters. The van der Waals surface area contributed by atoms with E-state index in [4.69, 9.17) is 11.1 Å². The lowest BCUT2D eigenvalue weighted by Crippen LogP contribution is -2.38. The monoisotopic (exact) mass is 325 g/mol. The van der Waals surface area contributed by atoms with E-state index in [0.717, 1.165) is 41.7 Å². The number of aliphatic hydroxyl groups is 1. The van der Waals surface area contributed by atoms with E-state index in [9.17, 15) is 5.11 Å². The van der Waals surface area contributed by atoms with E-state index in [0.29, 0.717) is 5.92 Å². The second-order valence-corrected chi connectivity index (χ2v) is 6.06. The number of nitrogen functional groups attached to an aromatic ring is 1. The smallest absolute Gasteiger partial charge is 0.124 e. The highest BCUT2D eigenvalue weighted by atomic mass is 79.9. The molecular formula is C14H20BrN3O. The fourth-order valence-corrected chi connectivity index (χ4v) is 2.98. The first-order valence-corrected chi connectivity index (χ1v) is 7.35. The molecule has 0 saturated carbocycles. The molecule has 0 bridgehead atoms. The van der Waals surface area contributed by atoms with E-state index < -0.39 is 0 Å². The van der Waals surface area contributed by atoms with Crippen LogP contribution in [0.2, 0.25) is 0 Å². The zero-order valence-electron chi connectivity index (χ0n) is 11.1. The quantitative estimate of drug-likeness (QED) is 0.590. The summed E-state index contributed by atoms with van der Waals surface area (Å²) >= 11 is 3.41. The molecule has 1 fully saturated rings. The topological polar surface area (TPSA) is 73.3 Å². The van der Waals surface area contributed by atoms with Crippen molar-refractivity contribution >= 4 is 27.5 Å². The van der Waals surface area contributed by atoms with Crippen LogP contribution in [0.5, 0.6) is 0 Å². The standard InChI is InChI=1S/C14H20BrN3O/c1-9(19)10-4-6-18(7-5-10)13-3-2-11(15)8-12(13)14(16)17/h2-3,8-10,19H,4-7H2,1H3,(H3,16,17).